The van der Waals surface area contributed by atoms with Crippen molar-refractivity contribution in [1.82, 2.24) is 4.90 Å². The molecule has 0 aliphatic heterocycles. The van der Waals surface area contributed by atoms with Gasteiger partial charge in [0.15, 0.2) is 0 Å². The van der Waals surface area contributed by atoms with E-state index in [4.69, 9.17) is 0 Å². The van der Waals surface area contributed by atoms with Crippen LogP contribution in [0.4, 0.5) is 0 Å². The summed E-state index contributed by atoms with van der Waals surface area (Å²) in [5, 5.41) is 0. The van der Waals surface area contributed by atoms with E-state index in [1.165, 1.54) is 0 Å². The predicted octanol–water partition coefficient (Wildman–Crippen LogP) is 4.89. The van der Waals surface area contributed by atoms with Crippen LogP contribution in [-0.4, -0.2) is 17.9 Å². The maximum absolute atomic E-state index is 13.1. The number of hydrogen-bond acceptors (Lipinski definition) is 1. The number of carbonyl (C=O) groups excluding carboxylic acids is 1. The van der Waals surface area contributed by atoms with Crippen molar-refractivity contribution in [1.29, 1.82) is 0 Å². The maximum atomic E-state index is 13.1. The van der Waals surface area contributed by atoms with E-state index < -0.39 is 0 Å². The summed E-state index contributed by atoms with van der Waals surface area (Å²) in [4.78, 5) is 14.9. The Bertz CT molecular complexity index is 839. The molecule has 124 valence electrons. The fraction of sp³-hybridized carbons (Fsp3) is 0.0870. The molecule has 0 radical (unpaired) electrons. The normalized spacial score (nSPS) is 11.2. The van der Waals surface area contributed by atoms with Gasteiger partial charge in [0.2, 0.25) is 0 Å². The minimum absolute atomic E-state index is 0.0129. The van der Waals surface area contributed by atoms with Gasteiger partial charge in [0.25, 0.3) is 5.91 Å². The molecule has 0 aliphatic carbocycles. The highest BCUT2D eigenvalue weighted by atomic mass is 16.2. The SMILES string of the molecule is CN(Cc1ccccc1)C(=O)/C(=C/c1ccccc1)c1ccccc1. The fourth-order valence-corrected chi connectivity index (χ4v) is 2.74. The maximum Gasteiger partial charge on any atom is 0.254 e. The number of amides is 1. The zero-order valence-corrected chi connectivity index (χ0v) is 14.3. The van der Waals surface area contributed by atoms with Gasteiger partial charge < -0.3 is 4.90 Å². The van der Waals surface area contributed by atoms with Crippen molar-refractivity contribution >= 4 is 17.6 Å². The van der Waals surface area contributed by atoms with Gasteiger partial charge in [-0.25, -0.2) is 0 Å². The van der Waals surface area contributed by atoms with Gasteiger partial charge in [-0.15, -0.1) is 0 Å². The second kappa shape index (κ2) is 8.11. The first-order chi connectivity index (χ1) is 12.2. The molecule has 0 bridgehead atoms. The van der Waals surface area contributed by atoms with Crippen LogP contribution in [-0.2, 0) is 11.3 Å². The summed E-state index contributed by atoms with van der Waals surface area (Å²) in [6.07, 6.45) is 1.96. The van der Waals surface area contributed by atoms with Gasteiger partial charge in [0.1, 0.15) is 0 Å². The standard InChI is InChI=1S/C23H21NO/c1-24(18-20-13-7-3-8-14-20)23(25)22(21-15-9-4-10-16-21)17-19-11-5-2-6-12-19/h2-17H,18H2,1H3/b22-17+. The minimum Gasteiger partial charge on any atom is -0.337 e. The second-order valence-corrected chi connectivity index (χ2v) is 5.98. The third kappa shape index (κ3) is 4.45. The van der Waals surface area contributed by atoms with E-state index in [1.807, 2.05) is 104 Å². The largest absolute Gasteiger partial charge is 0.337 e. The Hall–Kier alpha value is -3.13. The monoisotopic (exact) mass is 327 g/mol. The summed E-state index contributed by atoms with van der Waals surface area (Å²) < 4.78 is 0. The van der Waals surface area contributed by atoms with Crippen LogP contribution in [0.25, 0.3) is 11.6 Å². The minimum atomic E-state index is 0.0129. The molecule has 1 amide bonds. The van der Waals surface area contributed by atoms with Gasteiger partial charge in [0.05, 0.1) is 0 Å². The van der Waals surface area contributed by atoms with E-state index in [0.29, 0.717) is 12.1 Å². The molecule has 0 aliphatic rings. The van der Waals surface area contributed by atoms with Crippen LogP contribution in [0.5, 0.6) is 0 Å². The van der Waals surface area contributed by atoms with Crippen molar-refractivity contribution in [3.05, 3.63) is 108 Å². The van der Waals surface area contributed by atoms with Crippen LogP contribution in [0.15, 0.2) is 91.0 Å². The Morgan fingerprint density at radius 1 is 0.800 bits per heavy atom. The lowest BCUT2D eigenvalue weighted by Gasteiger charge is -2.19. The Morgan fingerprint density at radius 2 is 1.32 bits per heavy atom. The molecule has 0 aromatic heterocycles. The van der Waals surface area contributed by atoms with E-state index in [1.54, 1.807) is 4.90 Å². The first-order valence-corrected chi connectivity index (χ1v) is 8.35. The summed E-state index contributed by atoms with van der Waals surface area (Å²) in [7, 11) is 1.84. The summed E-state index contributed by atoms with van der Waals surface area (Å²) in [6, 6.07) is 29.8. The molecule has 0 spiro atoms. The van der Waals surface area contributed by atoms with E-state index >= 15 is 0 Å². The molecule has 3 aromatic carbocycles. The van der Waals surface area contributed by atoms with Crippen molar-refractivity contribution in [2.75, 3.05) is 7.05 Å². The lowest BCUT2D eigenvalue weighted by Crippen LogP contribution is -2.27. The van der Waals surface area contributed by atoms with Crippen LogP contribution < -0.4 is 0 Å². The summed E-state index contributed by atoms with van der Waals surface area (Å²) in [5.74, 6) is 0.0129. The summed E-state index contributed by atoms with van der Waals surface area (Å²) in [6.45, 7) is 0.582. The zero-order valence-electron chi connectivity index (χ0n) is 14.3. The number of benzene rings is 3. The zero-order chi connectivity index (χ0) is 17.5. The summed E-state index contributed by atoms with van der Waals surface area (Å²) >= 11 is 0. The van der Waals surface area contributed by atoms with Gasteiger partial charge in [-0.3, -0.25) is 4.79 Å². The van der Waals surface area contributed by atoms with Crippen LogP contribution in [0.2, 0.25) is 0 Å². The molecular weight excluding hydrogens is 306 g/mol. The Balaban J connectivity index is 1.91. The van der Waals surface area contributed by atoms with Crippen LogP contribution in [0, 0.1) is 0 Å². The van der Waals surface area contributed by atoms with Gasteiger partial charge >= 0.3 is 0 Å². The number of carbonyl (C=O) groups is 1. The lowest BCUT2D eigenvalue weighted by atomic mass is 10.0. The lowest BCUT2D eigenvalue weighted by molar-refractivity contribution is -0.124. The molecule has 3 aromatic rings. The molecule has 2 heteroatoms. The Morgan fingerprint density at radius 3 is 1.92 bits per heavy atom. The summed E-state index contributed by atoms with van der Waals surface area (Å²) in [5.41, 5.74) is 3.76. The van der Waals surface area contributed by atoms with E-state index in [-0.39, 0.29) is 5.91 Å². The van der Waals surface area contributed by atoms with Gasteiger partial charge in [0, 0.05) is 19.2 Å². The van der Waals surface area contributed by atoms with Gasteiger partial charge in [-0.05, 0) is 22.8 Å². The molecule has 0 N–H and O–H groups in total. The van der Waals surface area contributed by atoms with Crippen molar-refractivity contribution in [3.63, 3.8) is 0 Å². The average molecular weight is 327 g/mol. The number of likely N-dealkylation sites (N-methyl/N-ethyl adjacent to an activating group) is 1. The van der Waals surface area contributed by atoms with Crippen LogP contribution >= 0.6 is 0 Å². The van der Waals surface area contributed by atoms with Crippen LogP contribution in [0.3, 0.4) is 0 Å². The topological polar surface area (TPSA) is 20.3 Å². The van der Waals surface area contributed by atoms with Crippen molar-refractivity contribution in [2.24, 2.45) is 0 Å². The number of nitrogens with zero attached hydrogens (tertiary/aromatic N) is 1. The molecule has 25 heavy (non-hydrogen) atoms. The van der Waals surface area contributed by atoms with E-state index in [9.17, 15) is 4.79 Å². The highest BCUT2D eigenvalue weighted by Gasteiger charge is 2.16. The fourth-order valence-electron chi connectivity index (χ4n) is 2.74. The molecular formula is C23H21NO. The molecule has 0 heterocycles. The molecule has 2 nitrogen and oxygen atoms in total. The quantitative estimate of drug-likeness (QED) is 0.483. The van der Waals surface area contributed by atoms with E-state index in [0.717, 1.165) is 16.7 Å². The highest BCUT2D eigenvalue weighted by molar-refractivity contribution is 6.24. The number of rotatable bonds is 5. The van der Waals surface area contributed by atoms with E-state index in [2.05, 4.69) is 0 Å². The van der Waals surface area contributed by atoms with Gasteiger partial charge in [-0.2, -0.15) is 0 Å². The Kier molecular flexibility index (Phi) is 5.43. The molecule has 0 unspecified atom stereocenters. The molecule has 0 saturated carbocycles. The molecule has 0 fully saturated rings. The first kappa shape index (κ1) is 16.7. The van der Waals surface area contributed by atoms with Crippen molar-refractivity contribution < 1.29 is 4.79 Å². The number of hydrogen-bond donors (Lipinski definition) is 0. The molecule has 3 rings (SSSR count). The molecule has 0 atom stereocenters. The smallest absolute Gasteiger partial charge is 0.254 e. The first-order valence-electron chi connectivity index (χ1n) is 8.35. The van der Waals surface area contributed by atoms with Gasteiger partial charge in [-0.1, -0.05) is 91.0 Å². The van der Waals surface area contributed by atoms with Crippen molar-refractivity contribution in [2.45, 2.75) is 6.54 Å². The molecule has 0 saturated heterocycles. The predicted molar refractivity (Wildman–Crippen MR) is 104 cm³/mol. The van der Waals surface area contributed by atoms with Crippen LogP contribution in [0.1, 0.15) is 16.7 Å². The van der Waals surface area contributed by atoms with Crippen molar-refractivity contribution in [3.8, 4) is 0 Å². The second-order valence-electron chi connectivity index (χ2n) is 5.98. The average Bonchev–Trinajstić information content (AvgIpc) is 2.68. The third-order valence-corrected chi connectivity index (χ3v) is 4.04. The highest BCUT2D eigenvalue weighted by Crippen LogP contribution is 2.21. The Labute approximate surface area is 149 Å². The third-order valence-electron chi connectivity index (χ3n) is 4.04.